The minimum atomic E-state index is -0.208. The van der Waals surface area contributed by atoms with E-state index in [1.54, 1.807) is 42.3 Å². The predicted octanol–water partition coefficient (Wildman–Crippen LogP) is 1.59. The smallest absolute Gasteiger partial charge is 0.258 e. The third kappa shape index (κ3) is 5.44. The van der Waals surface area contributed by atoms with Crippen molar-refractivity contribution in [2.24, 2.45) is 0 Å². The molecule has 0 fully saturated rings. The molecule has 0 atom stereocenters. The fourth-order valence-electron chi connectivity index (χ4n) is 2.45. The monoisotopic (exact) mass is 382 g/mol. The number of benzene rings is 1. The van der Waals surface area contributed by atoms with Crippen LogP contribution >= 0.6 is 0 Å². The summed E-state index contributed by atoms with van der Waals surface area (Å²) in [5.41, 5.74) is 0. The second-order valence-electron chi connectivity index (χ2n) is 5.85. The van der Waals surface area contributed by atoms with Gasteiger partial charge in [-0.2, -0.15) is 5.10 Å². The molecule has 9 nitrogen and oxygen atoms in total. The molecule has 0 unspecified atom stereocenters. The molecule has 9 heteroatoms. The zero-order valence-electron chi connectivity index (χ0n) is 15.8. The lowest BCUT2D eigenvalue weighted by Crippen LogP contribution is -2.32. The number of methoxy groups -OCH3 is 1. The SMILES string of the molecule is COc1cccc(OCC(=O)NCCNc2cc(-n3cccn3)nc(C)n2)c1. The van der Waals surface area contributed by atoms with Crippen LogP contribution in [-0.4, -0.2) is 52.5 Å². The number of aryl methyl sites for hydroxylation is 1. The number of aromatic nitrogens is 4. The fraction of sp³-hybridized carbons (Fsp3) is 0.263. The van der Waals surface area contributed by atoms with E-state index in [1.165, 1.54) is 0 Å². The Balaban J connectivity index is 1.42. The summed E-state index contributed by atoms with van der Waals surface area (Å²) >= 11 is 0. The van der Waals surface area contributed by atoms with Crippen molar-refractivity contribution in [1.82, 2.24) is 25.1 Å². The zero-order chi connectivity index (χ0) is 19.8. The Labute approximate surface area is 162 Å². The summed E-state index contributed by atoms with van der Waals surface area (Å²) in [7, 11) is 1.58. The van der Waals surface area contributed by atoms with E-state index in [1.807, 2.05) is 25.3 Å². The van der Waals surface area contributed by atoms with E-state index in [2.05, 4.69) is 25.7 Å². The van der Waals surface area contributed by atoms with E-state index in [9.17, 15) is 4.79 Å². The molecule has 0 radical (unpaired) electrons. The van der Waals surface area contributed by atoms with Gasteiger partial charge in [-0.1, -0.05) is 6.07 Å². The lowest BCUT2D eigenvalue weighted by molar-refractivity contribution is -0.123. The summed E-state index contributed by atoms with van der Waals surface area (Å²) in [5.74, 6) is 3.02. The molecule has 1 amide bonds. The lowest BCUT2D eigenvalue weighted by Gasteiger charge is -2.10. The van der Waals surface area contributed by atoms with Crippen LogP contribution in [0.2, 0.25) is 0 Å². The van der Waals surface area contributed by atoms with Crippen LogP contribution in [0.5, 0.6) is 11.5 Å². The molecule has 1 aromatic carbocycles. The topological polar surface area (TPSA) is 103 Å². The summed E-state index contributed by atoms with van der Waals surface area (Å²) in [5, 5.41) is 10.1. The first-order chi connectivity index (χ1) is 13.6. The Morgan fingerprint density at radius 3 is 2.79 bits per heavy atom. The number of amides is 1. The number of rotatable bonds is 9. The molecule has 0 aliphatic heterocycles. The van der Waals surface area contributed by atoms with Gasteiger partial charge >= 0.3 is 0 Å². The van der Waals surface area contributed by atoms with E-state index >= 15 is 0 Å². The first-order valence-electron chi connectivity index (χ1n) is 8.77. The first-order valence-corrected chi connectivity index (χ1v) is 8.77. The van der Waals surface area contributed by atoms with Gasteiger partial charge in [0.05, 0.1) is 7.11 Å². The number of hydrogen-bond donors (Lipinski definition) is 2. The third-order valence-corrected chi connectivity index (χ3v) is 3.73. The first kappa shape index (κ1) is 19.2. The van der Waals surface area contributed by atoms with E-state index in [-0.39, 0.29) is 12.5 Å². The highest BCUT2D eigenvalue weighted by Gasteiger charge is 2.05. The molecule has 3 aromatic rings. The standard InChI is InChI=1S/C19H22N6O3/c1-14-23-17(12-18(24-14)25-10-4-7-22-25)20-8-9-21-19(26)13-28-16-6-3-5-15(11-16)27-2/h3-7,10-12H,8-9,13H2,1-2H3,(H,21,26)(H,20,23,24). The molecular weight excluding hydrogens is 360 g/mol. The molecule has 0 saturated heterocycles. The Hall–Kier alpha value is -3.62. The number of hydrogen-bond acceptors (Lipinski definition) is 7. The van der Waals surface area contributed by atoms with Crippen molar-refractivity contribution in [1.29, 1.82) is 0 Å². The summed E-state index contributed by atoms with van der Waals surface area (Å²) in [4.78, 5) is 20.6. The van der Waals surface area contributed by atoms with E-state index in [0.717, 1.165) is 0 Å². The van der Waals surface area contributed by atoms with E-state index in [0.29, 0.717) is 42.0 Å². The highest BCUT2D eigenvalue weighted by molar-refractivity contribution is 5.77. The molecule has 0 aliphatic rings. The number of anilines is 1. The van der Waals surface area contributed by atoms with Crippen LogP contribution in [0.25, 0.3) is 5.82 Å². The highest BCUT2D eigenvalue weighted by atomic mass is 16.5. The molecule has 0 bridgehead atoms. The normalized spacial score (nSPS) is 10.4. The Bertz CT molecular complexity index is 914. The van der Waals surface area contributed by atoms with Crippen LogP contribution in [0.15, 0.2) is 48.8 Å². The largest absolute Gasteiger partial charge is 0.497 e. The van der Waals surface area contributed by atoms with Gasteiger partial charge in [-0.3, -0.25) is 4.79 Å². The number of carbonyl (C=O) groups is 1. The number of nitrogens with zero attached hydrogens (tertiary/aromatic N) is 4. The van der Waals surface area contributed by atoms with E-state index in [4.69, 9.17) is 9.47 Å². The van der Waals surface area contributed by atoms with Gasteiger partial charge in [0.25, 0.3) is 5.91 Å². The summed E-state index contributed by atoms with van der Waals surface area (Å²) in [6.45, 7) is 2.69. The van der Waals surface area contributed by atoms with Gasteiger partial charge in [0.15, 0.2) is 12.4 Å². The van der Waals surface area contributed by atoms with Crippen molar-refractivity contribution in [2.75, 3.05) is 32.1 Å². The maximum Gasteiger partial charge on any atom is 0.258 e. The Morgan fingerprint density at radius 1 is 1.14 bits per heavy atom. The Kier molecular flexibility index (Phi) is 6.40. The van der Waals surface area contributed by atoms with Crippen molar-refractivity contribution < 1.29 is 14.3 Å². The average molecular weight is 382 g/mol. The minimum absolute atomic E-state index is 0.0662. The molecule has 2 N–H and O–H groups in total. The third-order valence-electron chi connectivity index (χ3n) is 3.73. The lowest BCUT2D eigenvalue weighted by atomic mass is 10.3. The summed E-state index contributed by atoms with van der Waals surface area (Å²) < 4.78 is 12.2. The molecule has 0 aliphatic carbocycles. The van der Waals surface area contributed by atoms with Crippen LogP contribution in [0.1, 0.15) is 5.82 Å². The maximum absolute atomic E-state index is 11.9. The molecule has 0 spiro atoms. The van der Waals surface area contributed by atoms with Gasteiger partial charge in [-0.05, 0) is 25.1 Å². The highest BCUT2D eigenvalue weighted by Crippen LogP contribution is 2.18. The van der Waals surface area contributed by atoms with Crippen LogP contribution < -0.4 is 20.1 Å². The minimum Gasteiger partial charge on any atom is -0.497 e. The molecule has 2 heterocycles. The van der Waals surface area contributed by atoms with Crippen LogP contribution in [0.4, 0.5) is 5.82 Å². The van der Waals surface area contributed by atoms with Crippen molar-refractivity contribution in [3.8, 4) is 17.3 Å². The van der Waals surface area contributed by atoms with Crippen LogP contribution in [0.3, 0.4) is 0 Å². The van der Waals surface area contributed by atoms with Crippen molar-refractivity contribution in [3.05, 3.63) is 54.6 Å². The number of ether oxygens (including phenoxy) is 2. The quantitative estimate of drug-likeness (QED) is 0.542. The zero-order valence-corrected chi connectivity index (χ0v) is 15.8. The van der Waals surface area contributed by atoms with Gasteiger partial charge < -0.3 is 20.1 Å². The van der Waals surface area contributed by atoms with Gasteiger partial charge in [-0.15, -0.1) is 0 Å². The maximum atomic E-state index is 11.9. The molecule has 2 aromatic heterocycles. The van der Waals surface area contributed by atoms with Crippen molar-refractivity contribution >= 4 is 11.7 Å². The van der Waals surface area contributed by atoms with Crippen molar-refractivity contribution in [3.63, 3.8) is 0 Å². The number of carbonyl (C=O) groups excluding carboxylic acids is 1. The predicted molar refractivity (Wildman–Crippen MR) is 104 cm³/mol. The second-order valence-corrected chi connectivity index (χ2v) is 5.85. The average Bonchev–Trinajstić information content (AvgIpc) is 3.24. The van der Waals surface area contributed by atoms with Gasteiger partial charge in [0.2, 0.25) is 0 Å². The summed E-state index contributed by atoms with van der Waals surface area (Å²) in [6.07, 6.45) is 3.50. The second kappa shape index (κ2) is 9.36. The van der Waals surface area contributed by atoms with Crippen molar-refractivity contribution in [2.45, 2.75) is 6.92 Å². The van der Waals surface area contributed by atoms with Gasteiger partial charge in [0.1, 0.15) is 23.1 Å². The van der Waals surface area contributed by atoms with E-state index < -0.39 is 0 Å². The molecule has 0 saturated carbocycles. The molecule has 146 valence electrons. The molecule has 3 rings (SSSR count). The fourth-order valence-corrected chi connectivity index (χ4v) is 2.45. The molecule has 28 heavy (non-hydrogen) atoms. The molecular formula is C19H22N6O3. The van der Waals surface area contributed by atoms with Gasteiger partial charge in [0, 0.05) is 37.6 Å². The summed E-state index contributed by atoms with van der Waals surface area (Å²) in [6, 6.07) is 10.7. The van der Waals surface area contributed by atoms with Crippen LogP contribution in [0, 0.1) is 6.92 Å². The van der Waals surface area contributed by atoms with Gasteiger partial charge in [-0.25, -0.2) is 14.6 Å². The van der Waals surface area contributed by atoms with Crippen LogP contribution in [-0.2, 0) is 4.79 Å². The number of nitrogens with one attached hydrogen (secondary N) is 2. The Morgan fingerprint density at radius 2 is 2.00 bits per heavy atom.